The fourth-order valence-corrected chi connectivity index (χ4v) is 3.47. The molecule has 0 aliphatic heterocycles. The summed E-state index contributed by atoms with van der Waals surface area (Å²) < 4.78 is 3.20. The van der Waals surface area contributed by atoms with Crippen LogP contribution in [0.5, 0.6) is 0 Å². The van der Waals surface area contributed by atoms with Crippen LogP contribution in [0.4, 0.5) is 5.69 Å². The molecule has 1 aromatic carbocycles. The lowest BCUT2D eigenvalue weighted by molar-refractivity contribution is 0.426. The number of rotatable bonds is 6. The van der Waals surface area contributed by atoms with Crippen molar-refractivity contribution in [2.75, 3.05) is 5.32 Å². The molecule has 1 N–H and O–H groups in total. The van der Waals surface area contributed by atoms with Crippen molar-refractivity contribution in [1.82, 2.24) is 9.78 Å². The van der Waals surface area contributed by atoms with Crippen LogP contribution in [0, 0.1) is 13.8 Å². The van der Waals surface area contributed by atoms with E-state index in [0.717, 1.165) is 35.2 Å². The molecule has 0 fully saturated rings. The van der Waals surface area contributed by atoms with Gasteiger partial charge in [-0.2, -0.15) is 5.10 Å². The van der Waals surface area contributed by atoms with Gasteiger partial charge in [-0.1, -0.05) is 19.9 Å². The first-order valence-corrected chi connectivity index (χ1v) is 8.39. The maximum atomic E-state index is 4.68. The molecule has 21 heavy (non-hydrogen) atoms. The Labute approximate surface area is 135 Å². The average Bonchev–Trinajstić information content (AvgIpc) is 2.87. The molecule has 0 radical (unpaired) electrons. The summed E-state index contributed by atoms with van der Waals surface area (Å²) in [4.78, 5) is 0. The van der Waals surface area contributed by atoms with E-state index >= 15 is 0 Å². The summed E-state index contributed by atoms with van der Waals surface area (Å²) in [6.07, 6.45) is 4.33. The molecule has 0 atom stereocenters. The summed E-state index contributed by atoms with van der Waals surface area (Å²) in [5.41, 5.74) is 4.75. The molecule has 1 heterocycles. The van der Waals surface area contributed by atoms with E-state index in [-0.39, 0.29) is 0 Å². The molecule has 2 aromatic rings. The number of benzene rings is 1. The molecule has 2 rings (SSSR count). The van der Waals surface area contributed by atoms with Crippen LogP contribution in [-0.2, 0) is 6.54 Å². The Morgan fingerprint density at radius 2 is 1.95 bits per heavy atom. The maximum absolute atomic E-state index is 4.68. The van der Waals surface area contributed by atoms with Crippen LogP contribution < -0.4 is 5.32 Å². The summed E-state index contributed by atoms with van der Waals surface area (Å²) in [6.45, 7) is 9.40. The summed E-state index contributed by atoms with van der Waals surface area (Å²) >= 11 is 3.63. The van der Waals surface area contributed by atoms with Crippen molar-refractivity contribution in [3.05, 3.63) is 45.7 Å². The molecular weight excluding hydrogens is 326 g/mol. The number of nitrogens with zero attached hydrogens (tertiary/aromatic N) is 2. The van der Waals surface area contributed by atoms with Gasteiger partial charge in [-0.25, -0.2) is 0 Å². The topological polar surface area (TPSA) is 29.9 Å². The van der Waals surface area contributed by atoms with Gasteiger partial charge in [0.15, 0.2) is 0 Å². The van der Waals surface area contributed by atoms with Crippen LogP contribution in [0.3, 0.4) is 0 Å². The monoisotopic (exact) mass is 349 g/mol. The highest BCUT2D eigenvalue weighted by molar-refractivity contribution is 9.10. The smallest absolute Gasteiger partial charge is 0.0815 e. The Bertz CT molecular complexity index is 577. The molecule has 0 aliphatic carbocycles. The van der Waals surface area contributed by atoms with Crippen molar-refractivity contribution in [2.45, 2.75) is 53.1 Å². The minimum absolute atomic E-state index is 0.506. The Balaban J connectivity index is 2.07. The van der Waals surface area contributed by atoms with Crippen molar-refractivity contribution in [3.8, 4) is 0 Å². The number of aryl methyl sites for hydroxylation is 2. The van der Waals surface area contributed by atoms with Crippen molar-refractivity contribution < 1.29 is 0 Å². The van der Waals surface area contributed by atoms with Gasteiger partial charge in [-0.05, 0) is 65.9 Å². The van der Waals surface area contributed by atoms with Gasteiger partial charge < -0.3 is 5.32 Å². The quantitative estimate of drug-likeness (QED) is 0.773. The van der Waals surface area contributed by atoms with E-state index < -0.39 is 0 Å². The van der Waals surface area contributed by atoms with Gasteiger partial charge in [-0.15, -0.1) is 0 Å². The third-order valence-electron chi connectivity index (χ3n) is 3.86. The van der Waals surface area contributed by atoms with Gasteiger partial charge in [0.05, 0.1) is 24.0 Å². The number of halogens is 1. The minimum Gasteiger partial charge on any atom is -0.378 e. The third-order valence-corrected chi connectivity index (χ3v) is 4.48. The Morgan fingerprint density at radius 1 is 1.24 bits per heavy atom. The van der Waals surface area contributed by atoms with Crippen molar-refractivity contribution >= 4 is 21.6 Å². The lowest BCUT2D eigenvalue weighted by atomic mass is 10.1. The van der Waals surface area contributed by atoms with Crippen LogP contribution in [0.1, 0.15) is 49.6 Å². The van der Waals surface area contributed by atoms with E-state index in [0.29, 0.717) is 6.04 Å². The molecule has 0 unspecified atom stereocenters. The highest BCUT2D eigenvalue weighted by Crippen LogP contribution is 2.28. The lowest BCUT2D eigenvalue weighted by Crippen LogP contribution is -2.09. The van der Waals surface area contributed by atoms with Crippen molar-refractivity contribution in [1.29, 1.82) is 0 Å². The second-order valence-electron chi connectivity index (χ2n) is 5.55. The van der Waals surface area contributed by atoms with Crippen LogP contribution in [0.25, 0.3) is 0 Å². The number of nitrogens with one attached hydrogen (secondary N) is 1. The van der Waals surface area contributed by atoms with E-state index in [1.165, 1.54) is 11.1 Å². The zero-order chi connectivity index (χ0) is 15.4. The normalized spacial score (nSPS) is 11.1. The fraction of sp³-hybridized carbons (Fsp3) is 0.471. The highest BCUT2D eigenvalue weighted by atomic mass is 79.9. The van der Waals surface area contributed by atoms with Gasteiger partial charge in [0.2, 0.25) is 0 Å². The minimum atomic E-state index is 0.506. The lowest BCUT2D eigenvalue weighted by Gasteiger charge is -2.13. The number of hydrogen-bond donors (Lipinski definition) is 1. The average molecular weight is 350 g/mol. The van der Waals surface area contributed by atoms with Gasteiger partial charge in [0, 0.05) is 10.7 Å². The molecule has 0 bridgehead atoms. The Hall–Kier alpha value is -1.29. The predicted molar refractivity (Wildman–Crippen MR) is 92.8 cm³/mol. The van der Waals surface area contributed by atoms with Crippen LogP contribution in [0.2, 0.25) is 0 Å². The first-order valence-electron chi connectivity index (χ1n) is 7.59. The van der Waals surface area contributed by atoms with E-state index in [1.807, 2.05) is 0 Å². The SMILES string of the molecule is CCC(CC)n1ccc(CNc2c(C)cc(C)cc2Br)n1. The fourth-order valence-electron chi connectivity index (χ4n) is 2.66. The molecule has 0 amide bonds. The largest absolute Gasteiger partial charge is 0.378 e. The van der Waals surface area contributed by atoms with E-state index in [1.54, 1.807) is 0 Å². The molecule has 0 spiro atoms. The zero-order valence-corrected chi connectivity index (χ0v) is 14.9. The van der Waals surface area contributed by atoms with Gasteiger partial charge >= 0.3 is 0 Å². The molecule has 4 heteroatoms. The second kappa shape index (κ2) is 7.12. The van der Waals surface area contributed by atoms with Gasteiger partial charge in [0.25, 0.3) is 0 Å². The second-order valence-corrected chi connectivity index (χ2v) is 6.40. The maximum Gasteiger partial charge on any atom is 0.0815 e. The molecule has 0 saturated heterocycles. The summed E-state index contributed by atoms with van der Waals surface area (Å²) in [5, 5.41) is 8.17. The first-order chi connectivity index (χ1) is 10.0. The molecule has 3 nitrogen and oxygen atoms in total. The summed E-state index contributed by atoms with van der Waals surface area (Å²) in [6, 6.07) is 6.93. The molecule has 0 saturated carbocycles. The van der Waals surface area contributed by atoms with Crippen LogP contribution in [-0.4, -0.2) is 9.78 Å². The van der Waals surface area contributed by atoms with Gasteiger partial charge in [0.1, 0.15) is 0 Å². The molecule has 1 aromatic heterocycles. The highest BCUT2D eigenvalue weighted by Gasteiger charge is 2.09. The Morgan fingerprint density at radius 3 is 2.57 bits per heavy atom. The Kier molecular flexibility index (Phi) is 5.45. The standard InChI is InChI=1S/C17H24BrN3/c1-5-15(6-2)21-8-7-14(20-21)11-19-17-13(4)9-12(3)10-16(17)18/h7-10,15,19H,5-6,11H2,1-4H3. The number of aromatic nitrogens is 2. The van der Waals surface area contributed by atoms with Crippen molar-refractivity contribution in [2.24, 2.45) is 0 Å². The number of hydrogen-bond acceptors (Lipinski definition) is 2. The van der Waals surface area contributed by atoms with Crippen LogP contribution >= 0.6 is 15.9 Å². The third kappa shape index (κ3) is 3.88. The van der Waals surface area contributed by atoms with Crippen molar-refractivity contribution in [3.63, 3.8) is 0 Å². The first kappa shape index (κ1) is 16.1. The predicted octanol–water partition coefficient (Wildman–Crippen LogP) is 5.24. The zero-order valence-electron chi connectivity index (χ0n) is 13.3. The molecule has 114 valence electrons. The van der Waals surface area contributed by atoms with E-state index in [4.69, 9.17) is 0 Å². The summed E-state index contributed by atoms with van der Waals surface area (Å²) in [5.74, 6) is 0. The molecule has 0 aliphatic rings. The summed E-state index contributed by atoms with van der Waals surface area (Å²) in [7, 11) is 0. The van der Waals surface area contributed by atoms with Crippen LogP contribution in [0.15, 0.2) is 28.9 Å². The van der Waals surface area contributed by atoms with Gasteiger partial charge in [-0.3, -0.25) is 4.68 Å². The van der Waals surface area contributed by atoms with E-state index in [2.05, 4.69) is 83.1 Å². The molecular formula is C17H24BrN3. The number of anilines is 1. The van der Waals surface area contributed by atoms with E-state index in [9.17, 15) is 0 Å².